The Morgan fingerprint density at radius 2 is 1.07 bits per heavy atom. The minimum atomic E-state index is -0.480. The first-order valence-corrected chi connectivity index (χ1v) is 9.01. The van der Waals surface area contributed by atoms with Gasteiger partial charge in [-0.2, -0.15) is 0 Å². The highest BCUT2D eigenvalue weighted by Gasteiger charge is 2.43. The first-order valence-electron chi connectivity index (χ1n) is 9.01. The Balaban J connectivity index is 1.58. The van der Waals surface area contributed by atoms with E-state index in [0.717, 1.165) is 17.5 Å². The Morgan fingerprint density at radius 1 is 0.704 bits per heavy atom. The van der Waals surface area contributed by atoms with Crippen LogP contribution in [0.5, 0.6) is 11.5 Å². The van der Waals surface area contributed by atoms with Crippen molar-refractivity contribution in [3.05, 3.63) is 83.0 Å². The van der Waals surface area contributed by atoms with E-state index in [1.54, 1.807) is 24.3 Å². The van der Waals surface area contributed by atoms with Gasteiger partial charge in [0.1, 0.15) is 11.5 Å². The SMILES string of the molecule is Cc1ccc(OC(=O)C2=C(C(=O)Oc3ccc(C)cc3)C3C=CC2C3)cc1. The summed E-state index contributed by atoms with van der Waals surface area (Å²) in [6.45, 7) is 3.93. The highest BCUT2D eigenvalue weighted by Crippen LogP contribution is 2.45. The van der Waals surface area contributed by atoms with Gasteiger partial charge in [0, 0.05) is 11.8 Å². The summed E-state index contributed by atoms with van der Waals surface area (Å²) in [7, 11) is 0. The van der Waals surface area contributed by atoms with Crippen LogP contribution in [0.3, 0.4) is 0 Å². The number of carbonyl (C=O) groups is 2. The molecular weight excluding hydrogens is 340 g/mol. The molecular formula is C23H20O4. The first kappa shape index (κ1) is 17.3. The molecule has 136 valence electrons. The van der Waals surface area contributed by atoms with Gasteiger partial charge in [0.15, 0.2) is 0 Å². The van der Waals surface area contributed by atoms with Crippen LogP contribution in [-0.4, -0.2) is 11.9 Å². The third-order valence-electron chi connectivity index (χ3n) is 5.02. The van der Waals surface area contributed by atoms with Crippen molar-refractivity contribution in [3.63, 3.8) is 0 Å². The van der Waals surface area contributed by atoms with Gasteiger partial charge in [-0.1, -0.05) is 47.5 Å². The predicted molar refractivity (Wildman–Crippen MR) is 101 cm³/mol. The van der Waals surface area contributed by atoms with E-state index in [9.17, 15) is 9.59 Å². The Bertz CT molecular complexity index is 871. The van der Waals surface area contributed by atoms with Gasteiger partial charge in [0.25, 0.3) is 0 Å². The van der Waals surface area contributed by atoms with Crippen molar-refractivity contribution in [2.45, 2.75) is 20.3 Å². The van der Waals surface area contributed by atoms with Gasteiger partial charge in [-0.05, 0) is 44.5 Å². The topological polar surface area (TPSA) is 52.6 Å². The fourth-order valence-corrected chi connectivity index (χ4v) is 3.59. The highest BCUT2D eigenvalue weighted by atomic mass is 16.5. The number of esters is 2. The summed E-state index contributed by atoms with van der Waals surface area (Å²) in [5.74, 6) is -0.202. The number of fused-ring (bicyclic) bond motifs is 2. The number of hydrogen-bond donors (Lipinski definition) is 0. The third-order valence-corrected chi connectivity index (χ3v) is 5.02. The van der Waals surface area contributed by atoms with E-state index in [2.05, 4.69) is 0 Å². The zero-order chi connectivity index (χ0) is 19.0. The van der Waals surface area contributed by atoms with Crippen LogP contribution >= 0.6 is 0 Å². The number of aryl methyl sites for hydroxylation is 2. The number of hydrogen-bond acceptors (Lipinski definition) is 4. The number of carbonyl (C=O) groups excluding carboxylic acids is 2. The normalized spacial score (nSPS) is 20.1. The molecule has 0 amide bonds. The maximum Gasteiger partial charge on any atom is 0.340 e. The minimum Gasteiger partial charge on any atom is -0.423 e. The molecule has 0 radical (unpaired) electrons. The summed E-state index contributed by atoms with van der Waals surface area (Å²) in [6, 6.07) is 14.5. The highest BCUT2D eigenvalue weighted by molar-refractivity contribution is 6.04. The minimum absolute atomic E-state index is 0.0893. The molecule has 2 bridgehead atoms. The van der Waals surface area contributed by atoms with Crippen LogP contribution in [0.2, 0.25) is 0 Å². The zero-order valence-electron chi connectivity index (χ0n) is 15.3. The molecule has 0 heterocycles. The van der Waals surface area contributed by atoms with Crippen LogP contribution in [0.15, 0.2) is 71.8 Å². The molecule has 2 aromatic carbocycles. The Labute approximate surface area is 158 Å². The Morgan fingerprint density at radius 3 is 1.44 bits per heavy atom. The molecule has 0 aliphatic heterocycles. The molecule has 0 N–H and O–H groups in total. The maximum absolute atomic E-state index is 12.8. The van der Waals surface area contributed by atoms with E-state index < -0.39 is 11.9 Å². The largest absolute Gasteiger partial charge is 0.423 e. The zero-order valence-corrected chi connectivity index (χ0v) is 15.3. The fraction of sp³-hybridized carbons (Fsp3) is 0.217. The van der Waals surface area contributed by atoms with Crippen LogP contribution in [0.1, 0.15) is 17.5 Å². The summed E-state index contributed by atoms with van der Waals surface area (Å²) in [5.41, 5.74) is 3.00. The summed E-state index contributed by atoms with van der Waals surface area (Å²) in [5, 5.41) is 0. The van der Waals surface area contributed by atoms with Crippen molar-refractivity contribution < 1.29 is 19.1 Å². The monoisotopic (exact) mass is 360 g/mol. The Kier molecular flexibility index (Phi) is 4.40. The van der Waals surface area contributed by atoms with Gasteiger partial charge in [0.05, 0.1) is 11.1 Å². The van der Waals surface area contributed by atoms with E-state index in [1.807, 2.05) is 50.3 Å². The number of benzene rings is 2. The smallest absolute Gasteiger partial charge is 0.340 e. The predicted octanol–water partition coefficient (Wildman–Crippen LogP) is 4.32. The lowest BCUT2D eigenvalue weighted by Gasteiger charge is -2.15. The van der Waals surface area contributed by atoms with Crippen LogP contribution in [-0.2, 0) is 9.59 Å². The number of allylic oxidation sites excluding steroid dienone is 2. The van der Waals surface area contributed by atoms with Crippen molar-refractivity contribution in [2.75, 3.05) is 0 Å². The lowest BCUT2D eigenvalue weighted by atomic mass is 9.97. The second-order valence-electron chi connectivity index (χ2n) is 7.07. The third kappa shape index (κ3) is 3.43. The van der Waals surface area contributed by atoms with Crippen LogP contribution in [0, 0.1) is 25.7 Å². The van der Waals surface area contributed by atoms with E-state index in [4.69, 9.17) is 9.47 Å². The quantitative estimate of drug-likeness (QED) is 0.463. The summed E-state index contributed by atoms with van der Waals surface area (Å²) >= 11 is 0. The van der Waals surface area contributed by atoms with Gasteiger partial charge < -0.3 is 9.47 Å². The molecule has 0 saturated carbocycles. The number of rotatable bonds is 4. The van der Waals surface area contributed by atoms with Gasteiger partial charge in [0.2, 0.25) is 0 Å². The lowest BCUT2D eigenvalue weighted by Crippen LogP contribution is -2.22. The van der Waals surface area contributed by atoms with Gasteiger partial charge >= 0.3 is 11.9 Å². The summed E-state index contributed by atoms with van der Waals surface area (Å²) < 4.78 is 11.0. The van der Waals surface area contributed by atoms with Crippen LogP contribution in [0.4, 0.5) is 0 Å². The van der Waals surface area contributed by atoms with Gasteiger partial charge in [-0.3, -0.25) is 0 Å². The fourth-order valence-electron chi connectivity index (χ4n) is 3.59. The molecule has 2 atom stereocenters. The van der Waals surface area contributed by atoms with E-state index >= 15 is 0 Å². The molecule has 0 aromatic heterocycles. The summed E-state index contributed by atoms with van der Waals surface area (Å²) in [4.78, 5) is 25.6. The Hall–Kier alpha value is -3.14. The average Bonchev–Trinajstić information content (AvgIpc) is 3.27. The van der Waals surface area contributed by atoms with E-state index in [1.165, 1.54) is 0 Å². The van der Waals surface area contributed by atoms with Gasteiger partial charge in [-0.15, -0.1) is 0 Å². The maximum atomic E-state index is 12.8. The van der Waals surface area contributed by atoms with E-state index in [-0.39, 0.29) is 11.8 Å². The molecule has 0 saturated heterocycles. The molecule has 2 aromatic rings. The molecule has 0 fully saturated rings. The molecule has 27 heavy (non-hydrogen) atoms. The molecule has 2 aliphatic carbocycles. The molecule has 4 rings (SSSR count). The van der Waals surface area contributed by atoms with Crippen LogP contribution < -0.4 is 9.47 Å². The van der Waals surface area contributed by atoms with Crippen molar-refractivity contribution in [2.24, 2.45) is 11.8 Å². The molecule has 0 spiro atoms. The second kappa shape index (κ2) is 6.88. The van der Waals surface area contributed by atoms with Crippen molar-refractivity contribution in [1.82, 2.24) is 0 Å². The van der Waals surface area contributed by atoms with E-state index in [0.29, 0.717) is 22.6 Å². The van der Waals surface area contributed by atoms with Crippen molar-refractivity contribution in [1.29, 1.82) is 0 Å². The average molecular weight is 360 g/mol. The van der Waals surface area contributed by atoms with Crippen LogP contribution in [0.25, 0.3) is 0 Å². The standard InChI is InChI=1S/C23H20O4/c1-14-3-9-18(10-4-14)26-22(24)20-16-7-8-17(13-16)21(20)23(25)27-19-11-5-15(2)6-12-19/h3-12,16-17H,13H2,1-2H3. The second-order valence-corrected chi connectivity index (χ2v) is 7.07. The first-order chi connectivity index (χ1) is 13.0. The number of ether oxygens (including phenoxy) is 2. The molecule has 2 unspecified atom stereocenters. The lowest BCUT2D eigenvalue weighted by molar-refractivity contribution is -0.133. The molecule has 4 heteroatoms. The van der Waals surface area contributed by atoms with Crippen molar-refractivity contribution >= 4 is 11.9 Å². The van der Waals surface area contributed by atoms with Crippen molar-refractivity contribution in [3.8, 4) is 11.5 Å². The molecule has 2 aliphatic rings. The molecule has 4 nitrogen and oxygen atoms in total. The summed E-state index contributed by atoms with van der Waals surface area (Å²) in [6.07, 6.45) is 4.66. The van der Waals surface area contributed by atoms with Gasteiger partial charge in [-0.25, -0.2) is 9.59 Å².